The highest BCUT2D eigenvalue weighted by Crippen LogP contribution is 2.22. The number of ether oxygens (including phenoxy) is 1. The predicted octanol–water partition coefficient (Wildman–Crippen LogP) is 3.28. The van der Waals surface area contributed by atoms with E-state index in [9.17, 15) is 13.2 Å². The van der Waals surface area contributed by atoms with Crippen LogP contribution in [-0.2, 0) is 14.8 Å². The van der Waals surface area contributed by atoms with E-state index in [0.717, 1.165) is 22.6 Å². The van der Waals surface area contributed by atoms with Gasteiger partial charge in [-0.25, -0.2) is 18.4 Å². The van der Waals surface area contributed by atoms with Gasteiger partial charge in [0.1, 0.15) is 0 Å². The normalized spacial score (nSPS) is 11.7. The molecule has 0 aliphatic rings. The van der Waals surface area contributed by atoms with Crippen LogP contribution in [0.3, 0.4) is 0 Å². The van der Waals surface area contributed by atoms with Crippen LogP contribution in [0, 0.1) is 13.8 Å². The molecule has 1 heterocycles. The van der Waals surface area contributed by atoms with Crippen LogP contribution in [0.15, 0.2) is 64.5 Å². The van der Waals surface area contributed by atoms with Crippen molar-refractivity contribution in [3.05, 3.63) is 77.1 Å². The third-order valence-electron chi connectivity index (χ3n) is 4.53. The average Bonchev–Trinajstić information content (AvgIpc) is 2.99. The van der Waals surface area contributed by atoms with Crippen molar-refractivity contribution in [2.75, 3.05) is 7.11 Å². The lowest BCUT2D eigenvalue weighted by molar-refractivity contribution is 0.0600. The second-order valence-electron chi connectivity index (χ2n) is 6.50. The Morgan fingerprint density at radius 2 is 1.69 bits per heavy atom. The van der Waals surface area contributed by atoms with Gasteiger partial charge < -0.3 is 9.30 Å². The molecule has 0 aliphatic carbocycles. The Morgan fingerprint density at radius 3 is 2.24 bits per heavy atom. The number of primary sulfonamides is 1. The molecule has 0 aliphatic heterocycles. The molecule has 3 rings (SSSR count). The molecule has 150 valence electrons. The Bertz CT molecular complexity index is 1180. The molecule has 0 bridgehead atoms. The minimum Gasteiger partial charge on any atom is -0.465 e. The number of hydrogen-bond donors (Lipinski definition) is 1. The Kier molecular flexibility index (Phi) is 5.67. The fourth-order valence-electron chi connectivity index (χ4n) is 3.05. The van der Waals surface area contributed by atoms with E-state index in [-0.39, 0.29) is 4.90 Å². The maximum atomic E-state index is 11.5. The van der Waals surface area contributed by atoms with Gasteiger partial charge in [-0.3, -0.25) is 4.99 Å². The van der Waals surface area contributed by atoms with Crippen LogP contribution in [0.5, 0.6) is 0 Å². The zero-order chi connectivity index (χ0) is 21.2. The fourth-order valence-corrected chi connectivity index (χ4v) is 3.56. The number of esters is 1. The summed E-state index contributed by atoms with van der Waals surface area (Å²) in [6.45, 7) is 3.92. The molecule has 0 radical (unpaired) electrons. The summed E-state index contributed by atoms with van der Waals surface area (Å²) in [6, 6.07) is 15.2. The molecule has 29 heavy (non-hydrogen) atoms. The lowest BCUT2D eigenvalue weighted by Gasteiger charge is -2.10. The molecule has 2 aromatic carbocycles. The molecule has 0 amide bonds. The second-order valence-corrected chi connectivity index (χ2v) is 8.06. The minimum atomic E-state index is -3.73. The van der Waals surface area contributed by atoms with Gasteiger partial charge in [-0.1, -0.05) is 0 Å². The molecule has 1 aromatic heterocycles. The lowest BCUT2D eigenvalue weighted by Crippen LogP contribution is -2.12. The van der Waals surface area contributed by atoms with E-state index in [4.69, 9.17) is 5.14 Å². The molecular weight excluding hydrogens is 390 g/mol. The van der Waals surface area contributed by atoms with Gasteiger partial charge in [0.2, 0.25) is 10.0 Å². The van der Waals surface area contributed by atoms with E-state index in [1.807, 2.05) is 24.5 Å². The molecule has 0 saturated carbocycles. The van der Waals surface area contributed by atoms with Crippen molar-refractivity contribution < 1.29 is 17.9 Å². The molecule has 0 saturated heterocycles. The number of benzene rings is 2. The number of carbonyl (C=O) groups is 1. The highest BCUT2D eigenvalue weighted by Gasteiger charge is 2.12. The van der Waals surface area contributed by atoms with Crippen molar-refractivity contribution in [2.24, 2.45) is 10.1 Å². The Hall–Kier alpha value is -3.23. The van der Waals surface area contributed by atoms with Crippen LogP contribution in [0.25, 0.3) is 5.69 Å². The summed E-state index contributed by atoms with van der Waals surface area (Å²) in [5, 5.41) is 5.16. The maximum absolute atomic E-state index is 11.5. The van der Waals surface area contributed by atoms with E-state index in [1.165, 1.54) is 19.2 Å². The summed E-state index contributed by atoms with van der Waals surface area (Å²) in [5.41, 5.74) is 4.87. The van der Waals surface area contributed by atoms with E-state index in [2.05, 4.69) is 9.73 Å². The largest absolute Gasteiger partial charge is 0.465 e. The van der Waals surface area contributed by atoms with E-state index >= 15 is 0 Å². The van der Waals surface area contributed by atoms with E-state index < -0.39 is 16.0 Å². The van der Waals surface area contributed by atoms with Crippen LogP contribution < -0.4 is 5.14 Å². The van der Waals surface area contributed by atoms with Gasteiger partial charge in [0.15, 0.2) is 0 Å². The van der Waals surface area contributed by atoms with Crippen LogP contribution in [0.1, 0.15) is 27.3 Å². The number of rotatable bonds is 5. The zero-order valence-electron chi connectivity index (χ0n) is 16.3. The summed E-state index contributed by atoms with van der Waals surface area (Å²) in [5.74, 6) is -0.391. The van der Waals surface area contributed by atoms with Gasteiger partial charge >= 0.3 is 5.97 Å². The first-order valence-corrected chi connectivity index (χ1v) is 10.3. The number of nitrogens with zero attached hydrogens (tertiary/aromatic N) is 2. The quantitative estimate of drug-likeness (QED) is 0.514. The van der Waals surface area contributed by atoms with Crippen molar-refractivity contribution in [2.45, 2.75) is 18.7 Å². The van der Waals surface area contributed by atoms with Crippen LogP contribution >= 0.6 is 0 Å². The summed E-state index contributed by atoms with van der Waals surface area (Å²) in [7, 11) is -2.39. The summed E-state index contributed by atoms with van der Waals surface area (Å²) >= 11 is 0. The maximum Gasteiger partial charge on any atom is 0.337 e. The van der Waals surface area contributed by atoms with Crippen LogP contribution in [-0.4, -0.2) is 32.3 Å². The number of methoxy groups -OCH3 is 1. The molecule has 8 heteroatoms. The first-order valence-electron chi connectivity index (χ1n) is 8.75. The Morgan fingerprint density at radius 1 is 1.07 bits per heavy atom. The summed E-state index contributed by atoms with van der Waals surface area (Å²) in [6.07, 6.45) is 1.75. The number of hydrogen-bond acceptors (Lipinski definition) is 5. The number of aromatic nitrogens is 1. The average molecular weight is 411 g/mol. The first kappa shape index (κ1) is 20.5. The molecule has 0 spiro atoms. The third-order valence-corrected chi connectivity index (χ3v) is 5.46. The summed E-state index contributed by atoms with van der Waals surface area (Å²) < 4.78 is 29.6. The number of sulfonamides is 1. The van der Waals surface area contributed by atoms with Gasteiger partial charge in [0.05, 0.1) is 23.3 Å². The molecule has 2 N–H and O–H groups in total. The smallest absolute Gasteiger partial charge is 0.337 e. The molecular formula is C21H21N3O4S. The Balaban J connectivity index is 1.88. The topological polar surface area (TPSA) is 104 Å². The van der Waals surface area contributed by atoms with Crippen molar-refractivity contribution in [1.29, 1.82) is 0 Å². The third kappa shape index (κ3) is 4.44. The lowest BCUT2D eigenvalue weighted by atomic mass is 10.2. The highest BCUT2D eigenvalue weighted by molar-refractivity contribution is 7.89. The van der Waals surface area contributed by atoms with Gasteiger partial charge in [-0.05, 0) is 68.4 Å². The second kappa shape index (κ2) is 8.02. The van der Waals surface area contributed by atoms with Crippen molar-refractivity contribution in [1.82, 2.24) is 4.57 Å². The van der Waals surface area contributed by atoms with Gasteiger partial charge in [0, 0.05) is 28.9 Å². The molecule has 0 fully saturated rings. The molecule has 7 nitrogen and oxygen atoms in total. The van der Waals surface area contributed by atoms with Crippen LogP contribution in [0.2, 0.25) is 0 Å². The van der Waals surface area contributed by atoms with Gasteiger partial charge in [-0.15, -0.1) is 0 Å². The molecule has 0 unspecified atom stereocenters. The van der Waals surface area contributed by atoms with E-state index in [0.29, 0.717) is 11.3 Å². The number of aryl methyl sites for hydroxylation is 1. The minimum absolute atomic E-state index is 0.0703. The fraction of sp³-hybridized carbons (Fsp3) is 0.143. The highest BCUT2D eigenvalue weighted by atomic mass is 32.2. The monoisotopic (exact) mass is 411 g/mol. The first-order chi connectivity index (χ1) is 13.7. The predicted molar refractivity (Wildman–Crippen MR) is 112 cm³/mol. The summed E-state index contributed by atoms with van der Waals surface area (Å²) in [4.78, 5) is 16.0. The van der Waals surface area contributed by atoms with Gasteiger partial charge in [-0.2, -0.15) is 0 Å². The number of nitrogens with two attached hydrogens (primary N) is 1. The van der Waals surface area contributed by atoms with E-state index in [1.54, 1.807) is 42.6 Å². The standard InChI is InChI=1S/C21H21N3O4S/c1-14-12-17(13-23-18-6-4-16(5-7-18)21(25)28-3)15(2)24(14)19-8-10-20(11-9-19)29(22,26)27/h4-13H,1-3H3,(H2,22,26,27). The van der Waals surface area contributed by atoms with Crippen LogP contribution in [0.4, 0.5) is 5.69 Å². The van der Waals surface area contributed by atoms with Crippen molar-refractivity contribution in [3.63, 3.8) is 0 Å². The number of aliphatic imine (C=N–C) groups is 1. The van der Waals surface area contributed by atoms with Crippen molar-refractivity contribution in [3.8, 4) is 5.69 Å². The number of carbonyl (C=O) groups excluding carboxylic acids is 1. The Labute approximate surface area is 169 Å². The molecule has 3 aromatic rings. The molecule has 0 atom stereocenters. The SMILES string of the molecule is COC(=O)c1ccc(N=Cc2cc(C)n(-c3ccc(S(N)(=O)=O)cc3)c2C)cc1. The van der Waals surface area contributed by atoms with Crippen molar-refractivity contribution >= 4 is 27.9 Å². The van der Waals surface area contributed by atoms with Gasteiger partial charge in [0.25, 0.3) is 0 Å². The zero-order valence-corrected chi connectivity index (χ0v) is 17.1.